The van der Waals surface area contributed by atoms with Crippen molar-refractivity contribution in [2.45, 2.75) is 31.8 Å². The van der Waals surface area contributed by atoms with E-state index in [-0.39, 0.29) is 0 Å². The molecule has 1 aromatic carbocycles. The molecular formula is C14H20N2. The van der Waals surface area contributed by atoms with Gasteiger partial charge >= 0.3 is 0 Å². The Morgan fingerprint density at radius 3 is 2.75 bits per heavy atom. The van der Waals surface area contributed by atoms with E-state index < -0.39 is 0 Å². The summed E-state index contributed by atoms with van der Waals surface area (Å²) >= 11 is 0. The summed E-state index contributed by atoms with van der Waals surface area (Å²) in [4.78, 5) is 0. The second kappa shape index (κ2) is 3.86. The number of rotatable bonds is 3. The minimum atomic E-state index is 0.462. The molecule has 2 atom stereocenters. The highest BCUT2D eigenvalue weighted by atomic mass is 15.1. The first-order valence-electron chi connectivity index (χ1n) is 6.32. The van der Waals surface area contributed by atoms with Gasteiger partial charge in [-0.25, -0.2) is 0 Å². The summed E-state index contributed by atoms with van der Waals surface area (Å²) in [6.07, 6.45) is 2.80. The zero-order valence-electron chi connectivity index (χ0n) is 9.87. The molecule has 0 aromatic heterocycles. The highest BCUT2D eigenvalue weighted by Gasteiger charge is 2.52. The average Bonchev–Trinajstić information content (AvgIpc) is 2.99. The topological polar surface area (TPSA) is 24.1 Å². The zero-order valence-corrected chi connectivity index (χ0v) is 9.87. The fraction of sp³-hybridized carbons (Fsp3) is 0.571. The van der Waals surface area contributed by atoms with Gasteiger partial charge in [0.05, 0.1) is 0 Å². The molecule has 1 aliphatic carbocycles. The molecule has 1 saturated carbocycles. The van der Waals surface area contributed by atoms with Gasteiger partial charge in [-0.15, -0.1) is 0 Å². The molecule has 1 aromatic rings. The van der Waals surface area contributed by atoms with Crippen LogP contribution in [0.5, 0.6) is 0 Å². The molecule has 2 nitrogen and oxygen atoms in total. The van der Waals surface area contributed by atoms with Crippen molar-refractivity contribution < 1.29 is 0 Å². The fourth-order valence-corrected chi connectivity index (χ4v) is 2.87. The Morgan fingerprint density at radius 1 is 1.31 bits per heavy atom. The Balaban J connectivity index is 1.67. The van der Waals surface area contributed by atoms with E-state index in [0.717, 1.165) is 6.54 Å². The second-order valence-electron chi connectivity index (χ2n) is 5.34. The molecule has 16 heavy (non-hydrogen) atoms. The lowest BCUT2D eigenvalue weighted by Gasteiger charge is -2.24. The molecule has 3 rings (SSSR count). The summed E-state index contributed by atoms with van der Waals surface area (Å²) in [6.45, 7) is 4.62. The first-order valence-corrected chi connectivity index (χ1v) is 6.32. The van der Waals surface area contributed by atoms with Crippen LogP contribution in [0.4, 0.5) is 0 Å². The van der Waals surface area contributed by atoms with Crippen LogP contribution >= 0.6 is 0 Å². The van der Waals surface area contributed by atoms with Gasteiger partial charge in [0, 0.05) is 25.2 Å². The van der Waals surface area contributed by atoms with Crippen LogP contribution in [0.25, 0.3) is 0 Å². The van der Waals surface area contributed by atoms with E-state index in [1.807, 2.05) is 0 Å². The predicted octanol–water partition coefficient (Wildman–Crippen LogP) is 2.09. The maximum absolute atomic E-state index is 3.79. The monoisotopic (exact) mass is 216 g/mol. The second-order valence-corrected chi connectivity index (χ2v) is 5.34. The molecule has 2 heteroatoms. The largest absolute Gasteiger partial charge is 0.315 e. The van der Waals surface area contributed by atoms with Crippen molar-refractivity contribution in [3.63, 3.8) is 0 Å². The van der Waals surface area contributed by atoms with E-state index in [1.165, 1.54) is 24.9 Å². The first kappa shape index (κ1) is 10.3. The summed E-state index contributed by atoms with van der Waals surface area (Å²) < 4.78 is 0. The summed E-state index contributed by atoms with van der Waals surface area (Å²) in [5, 5.41) is 7.30. The minimum absolute atomic E-state index is 0.462. The molecule has 0 radical (unpaired) electrons. The smallest absolute Gasteiger partial charge is 0.0295 e. The van der Waals surface area contributed by atoms with Crippen LogP contribution in [0, 0.1) is 5.41 Å². The maximum Gasteiger partial charge on any atom is 0.0295 e. The summed E-state index contributed by atoms with van der Waals surface area (Å²) in [7, 11) is 0. The van der Waals surface area contributed by atoms with Gasteiger partial charge in [-0.1, -0.05) is 30.3 Å². The Labute approximate surface area is 97.4 Å². The third-order valence-corrected chi connectivity index (χ3v) is 4.21. The highest BCUT2D eigenvalue weighted by Crippen LogP contribution is 2.50. The summed E-state index contributed by atoms with van der Waals surface area (Å²) in [5.41, 5.74) is 1.99. The van der Waals surface area contributed by atoms with Gasteiger partial charge in [0.25, 0.3) is 0 Å². The van der Waals surface area contributed by atoms with Crippen LogP contribution in [0.15, 0.2) is 30.3 Å². The Bertz CT molecular complexity index is 356. The number of nitrogens with one attached hydrogen (secondary N) is 2. The third kappa shape index (κ3) is 1.76. The van der Waals surface area contributed by atoms with Crippen molar-refractivity contribution in [3.05, 3.63) is 35.9 Å². The van der Waals surface area contributed by atoms with Gasteiger partial charge in [-0.2, -0.15) is 0 Å². The zero-order chi connectivity index (χ0) is 11.0. The normalized spacial score (nSPS) is 28.2. The van der Waals surface area contributed by atoms with Gasteiger partial charge in [-0.3, -0.25) is 0 Å². The van der Waals surface area contributed by atoms with E-state index in [2.05, 4.69) is 47.9 Å². The van der Waals surface area contributed by atoms with Crippen molar-refractivity contribution >= 4 is 0 Å². The van der Waals surface area contributed by atoms with Crippen LogP contribution in [-0.4, -0.2) is 19.1 Å². The van der Waals surface area contributed by atoms with E-state index >= 15 is 0 Å². The van der Waals surface area contributed by atoms with Gasteiger partial charge in [0.1, 0.15) is 0 Å². The van der Waals surface area contributed by atoms with Crippen molar-refractivity contribution in [2.75, 3.05) is 13.1 Å². The molecule has 1 aliphatic heterocycles. The molecule has 1 spiro atoms. The molecule has 0 bridgehead atoms. The van der Waals surface area contributed by atoms with Crippen molar-refractivity contribution in [1.82, 2.24) is 10.6 Å². The van der Waals surface area contributed by atoms with Crippen molar-refractivity contribution in [3.8, 4) is 0 Å². The number of hydrogen-bond donors (Lipinski definition) is 2. The summed E-state index contributed by atoms with van der Waals surface area (Å²) in [6, 6.07) is 11.9. The Morgan fingerprint density at radius 2 is 2.06 bits per heavy atom. The molecule has 1 saturated heterocycles. The lowest BCUT2D eigenvalue weighted by Crippen LogP contribution is -2.38. The molecule has 2 fully saturated rings. The molecule has 2 N–H and O–H groups in total. The Hall–Kier alpha value is -0.860. The molecule has 86 valence electrons. The maximum atomic E-state index is 3.79. The third-order valence-electron chi connectivity index (χ3n) is 4.21. The lowest BCUT2D eigenvalue weighted by atomic mass is 9.98. The van der Waals surface area contributed by atoms with Crippen LogP contribution in [0.2, 0.25) is 0 Å². The fourth-order valence-electron chi connectivity index (χ4n) is 2.87. The highest BCUT2D eigenvalue weighted by molar-refractivity contribution is 5.19. The van der Waals surface area contributed by atoms with Crippen LogP contribution in [0.3, 0.4) is 0 Å². The SMILES string of the molecule is C[C@H](NC1CNCC12CC2)c1ccccc1. The van der Waals surface area contributed by atoms with E-state index in [4.69, 9.17) is 0 Å². The van der Waals surface area contributed by atoms with E-state index in [0.29, 0.717) is 17.5 Å². The van der Waals surface area contributed by atoms with Crippen molar-refractivity contribution in [2.24, 2.45) is 5.41 Å². The molecule has 0 amide bonds. The first-order chi connectivity index (χ1) is 7.80. The summed E-state index contributed by atoms with van der Waals surface area (Å²) in [5.74, 6) is 0. The number of benzene rings is 1. The molecule has 1 unspecified atom stereocenters. The van der Waals surface area contributed by atoms with Crippen molar-refractivity contribution in [1.29, 1.82) is 0 Å². The quantitative estimate of drug-likeness (QED) is 0.808. The molecular weight excluding hydrogens is 196 g/mol. The van der Waals surface area contributed by atoms with Gasteiger partial charge in [-0.05, 0) is 30.7 Å². The van der Waals surface area contributed by atoms with Crippen LogP contribution in [-0.2, 0) is 0 Å². The van der Waals surface area contributed by atoms with E-state index in [1.54, 1.807) is 0 Å². The van der Waals surface area contributed by atoms with Gasteiger partial charge < -0.3 is 10.6 Å². The average molecular weight is 216 g/mol. The Kier molecular flexibility index (Phi) is 2.49. The standard InChI is InChI=1S/C14H20N2/c1-11(12-5-3-2-4-6-12)16-13-9-15-10-14(13)7-8-14/h2-6,11,13,15-16H,7-10H2,1H3/t11-,13?/m0/s1. The van der Waals surface area contributed by atoms with Crippen LogP contribution in [0.1, 0.15) is 31.4 Å². The van der Waals surface area contributed by atoms with Gasteiger partial charge in [0.2, 0.25) is 0 Å². The van der Waals surface area contributed by atoms with Crippen LogP contribution < -0.4 is 10.6 Å². The van der Waals surface area contributed by atoms with E-state index in [9.17, 15) is 0 Å². The number of hydrogen-bond acceptors (Lipinski definition) is 2. The lowest BCUT2D eigenvalue weighted by molar-refractivity contribution is 0.374. The predicted molar refractivity (Wildman–Crippen MR) is 66.3 cm³/mol. The molecule has 1 heterocycles. The minimum Gasteiger partial charge on any atom is -0.315 e. The van der Waals surface area contributed by atoms with Gasteiger partial charge in [0.15, 0.2) is 0 Å². The molecule has 2 aliphatic rings.